The maximum atomic E-state index is 14.8. The minimum atomic E-state index is -0.0736. The van der Waals surface area contributed by atoms with Gasteiger partial charge in [0.15, 0.2) is 5.78 Å². The highest BCUT2D eigenvalue weighted by Gasteiger charge is 2.60. The molecule has 0 amide bonds. The molecule has 7 rings (SSSR count). The van der Waals surface area contributed by atoms with E-state index in [4.69, 9.17) is 0 Å². The van der Waals surface area contributed by atoms with Crippen LogP contribution in [-0.4, -0.2) is 29.3 Å². The molecule has 1 aromatic carbocycles. The molecule has 1 spiro atoms. The standard InChI is InChI=1S/C22H24FNOS/c23-20-16(13-1-2-13)4-3-15-11-19(26-21(15)20)18(25)12-17-14-5-9-24(10-6-14)22(17)7-8-22/h3-4,11,13-14,17H,1-2,5-10,12H2/t17-/m1/s1. The fourth-order valence-electron chi connectivity index (χ4n) is 5.82. The monoisotopic (exact) mass is 369 g/mol. The van der Waals surface area contributed by atoms with Crippen LogP contribution < -0.4 is 0 Å². The fourth-order valence-corrected chi connectivity index (χ4v) is 6.88. The van der Waals surface area contributed by atoms with Crippen LogP contribution in [0, 0.1) is 17.7 Å². The first-order chi connectivity index (χ1) is 12.7. The fraction of sp³-hybridized carbons (Fsp3) is 0.591. The van der Waals surface area contributed by atoms with Crippen molar-refractivity contribution in [2.24, 2.45) is 11.8 Å². The Hall–Kier alpha value is -1.26. The molecule has 0 unspecified atom stereocenters. The van der Waals surface area contributed by atoms with Crippen molar-refractivity contribution in [1.82, 2.24) is 4.90 Å². The average molecular weight is 370 g/mol. The Balaban J connectivity index is 1.30. The summed E-state index contributed by atoms with van der Waals surface area (Å²) in [4.78, 5) is 16.5. The highest BCUT2D eigenvalue weighted by Crippen LogP contribution is 2.58. The van der Waals surface area contributed by atoms with Crippen LogP contribution in [0.4, 0.5) is 4.39 Å². The number of fused-ring (bicyclic) bond motifs is 3. The van der Waals surface area contributed by atoms with E-state index in [-0.39, 0.29) is 11.6 Å². The molecule has 3 saturated heterocycles. The van der Waals surface area contributed by atoms with Crippen molar-refractivity contribution in [1.29, 1.82) is 0 Å². The van der Waals surface area contributed by atoms with Gasteiger partial charge in [0.1, 0.15) is 5.82 Å². The Morgan fingerprint density at radius 2 is 1.96 bits per heavy atom. The Morgan fingerprint density at radius 1 is 1.19 bits per heavy atom. The van der Waals surface area contributed by atoms with Gasteiger partial charge in [0, 0.05) is 12.0 Å². The van der Waals surface area contributed by atoms with Gasteiger partial charge in [0.05, 0.1) is 9.58 Å². The summed E-state index contributed by atoms with van der Waals surface area (Å²) >= 11 is 1.38. The molecule has 2 bridgehead atoms. The second-order valence-electron chi connectivity index (χ2n) is 8.93. The van der Waals surface area contributed by atoms with E-state index in [1.165, 1.54) is 50.1 Å². The number of rotatable bonds is 4. The van der Waals surface area contributed by atoms with E-state index < -0.39 is 0 Å². The summed E-state index contributed by atoms with van der Waals surface area (Å²) in [5.74, 6) is 1.81. The molecule has 5 aliphatic rings. The lowest BCUT2D eigenvalue weighted by atomic mass is 9.70. The number of carbonyl (C=O) groups excluding carboxylic acids is 1. The molecule has 136 valence electrons. The van der Waals surface area contributed by atoms with Crippen molar-refractivity contribution in [3.63, 3.8) is 0 Å². The lowest BCUT2D eigenvalue weighted by Gasteiger charge is -2.52. The Kier molecular flexibility index (Phi) is 3.27. The number of halogens is 1. The van der Waals surface area contributed by atoms with Crippen molar-refractivity contribution in [2.45, 2.75) is 56.4 Å². The molecule has 2 saturated carbocycles. The van der Waals surface area contributed by atoms with E-state index in [2.05, 4.69) is 4.90 Å². The molecular weight excluding hydrogens is 345 g/mol. The molecule has 2 aromatic rings. The number of benzene rings is 1. The van der Waals surface area contributed by atoms with Crippen LogP contribution in [0.15, 0.2) is 18.2 Å². The first kappa shape index (κ1) is 15.8. The van der Waals surface area contributed by atoms with Gasteiger partial charge >= 0.3 is 0 Å². The van der Waals surface area contributed by atoms with Crippen LogP contribution in [0.25, 0.3) is 10.1 Å². The second-order valence-corrected chi connectivity index (χ2v) is 9.99. The van der Waals surface area contributed by atoms with Crippen LogP contribution in [-0.2, 0) is 0 Å². The maximum absolute atomic E-state index is 14.8. The third-order valence-electron chi connectivity index (χ3n) is 7.54. The highest BCUT2D eigenvalue weighted by atomic mass is 32.1. The van der Waals surface area contributed by atoms with E-state index in [0.717, 1.165) is 34.6 Å². The Labute approximate surface area is 157 Å². The highest BCUT2D eigenvalue weighted by molar-refractivity contribution is 7.20. The van der Waals surface area contributed by atoms with Crippen LogP contribution >= 0.6 is 11.3 Å². The first-order valence-electron chi connectivity index (χ1n) is 10.2. The van der Waals surface area contributed by atoms with Gasteiger partial charge in [-0.05, 0) is 86.4 Å². The van der Waals surface area contributed by atoms with Crippen molar-refractivity contribution >= 4 is 27.2 Å². The number of hydrogen-bond donors (Lipinski definition) is 0. The number of piperidine rings is 3. The normalized spacial score (nSPS) is 31.7. The second kappa shape index (κ2) is 5.39. The molecular formula is C22H24FNOS. The van der Waals surface area contributed by atoms with Gasteiger partial charge in [0.25, 0.3) is 0 Å². The molecule has 0 N–H and O–H groups in total. The summed E-state index contributed by atoms with van der Waals surface area (Å²) in [6.07, 6.45) is 7.91. The average Bonchev–Trinajstić information content (AvgIpc) is 3.58. The molecule has 1 atom stereocenters. The zero-order valence-corrected chi connectivity index (χ0v) is 15.8. The number of hydrogen-bond acceptors (Lipinski definition) is 3. The predicted octanol–water partition coefficient (Wildman–Crippen LogP) is 5.37. The summed E-state index contributed by atoms with van der Waals surface area (Å²) in [5, 5.41) is 0.898. The summed E-state index contributed by atoms with van der Waals surface area (Å²) in [6, 6.07) is 5.88. The number of ketones is 1. The van der Waals surface area contributed by atoms with Crippen LogP contribution in [0.2, 0.25) is 0 Å². The first-order valence-corrected chi connectivity index (χ1v) is 11.0. The molecule has 4 heterocycles. The van der Waals surface area contributed by atoms with Gasteiger partial charge in [-0.15, -0.1) is 11.3 Å². The molecule has 1 aromatic heterocycles. The van der Waals surface area contributed by atoms with Gasteiger partial charge in [-0.2, -0.15) is 0 Å². The Morgan fingerprint density at radius 3 is 2.65 bits per heavy atom. The van der Waals surface area contributed by atoms with E-state index >= 15 is 0 Å². The van der Waals surface area contributed by atoms with Gasteiger partial charge in [-0.25, -0.2) is 4.39 Å². The summed E-state index contributed by atoms with van der Waals surface area (Å²) in [6.45, 7) is 2.46. The van der Waals surface area contributed by atoms with Gasteiger partial charge in [-0.3, -0.25) is 9.69 Å². The number of carbonyl (C=O) groups is 1. The number of thiophene rings is 1. The number of nitrogens with zero attached hydrogens (tertiary/aromatic N) is 1. The van der Waals surface area contributed by atoms with Crippen molar-refractivity contribution in [2.75, 3.05) is 13.1 Å². The van der Waals surface area contributed by atoms with Gasteiger partial charge < -0.3 is 0 Å². The molecule has 4 heteroatoms. The zero-order chi connectivity index (χ0) is 17.5. The molecule has 5 fully saturated rings. The maximum Gasteiger partial charge on any atom is 0.173 e. The van der Waals surface area contributed by atoms with Crippen LogP contribution in [0.3, 0.4) is 0 Å². The molecule has 26 heavy (non-hydrogen) atoms. The minimum absolute atomic E-state index is 0.0736. The largest absolute Gasteiger partial charge is 0.297 e. The topological polar surface area (TPSA) is 20.3 Å². The van der Waals surface area contributed by atoms with Crippen LogP contribution in [0.5, 0.6) is 0 Å². The van der Waals surface area contributed by atoms with E-state index in [1.54, 1.807) is 0 Å². The molecule has 2 nitrogen and oxygen atoms in total. The Bertz CT molecular complexity index is 902. The summed E-state index contributed by atoms with van der Waals surface area (Å²) < 4.78 is 15.5. The zero-order valence-electron chi connectivity index (χ0n) is 15.0. The van der Waals surface area contributed by atoms with E-state index in [0.29, 0.717) is 28.5 Å². The quantitative estimate of drug-likeness (QED) is 0.676. The minimum Gasteiger partial charge on any atom is -0.297 e. The van der Waals surface area contributed by atoms with E-state index in [9.17, 15) is 9.18 Å². The van der Waals surface area contributed by atoms with Crippen molar-refractivity contribution < 1.29 is 9.18 Å². The summed E-state index contributed by atoms with van der Waals surface area (Å²) in [5.41, 5.74) is 1.20. The smallest absolute Gasteiger partial charge is 0.173 e. The lowest BCUT2D eigenvalue weighted by molar-refractivity contribution is -0.0273. The van der Waals surface area contributed by atoms with Crippen molar-refractivity contribution in [3.8, 4) is 0 Å². The SMILES string of the molecule is O=C(C[C@@H]1C2CCN(CC2)C12CC2)c1cc2ccc(C3CC3)c(F)c2s1. The lowest BCUT2D eigenvalue weighted by Crippen LogP contribution is -2.57. The predicted molar refractivity (Wildman–Crippen MR) is 102 cm³/mol. The van der Waals surface area contributed by atoms with Gasteiger partial charge in [-0.1, -0.05) is 12.1 Å². The van der Waals surface area contributed by atoms with Crippen LogP contribution in [0.1, 0.15) is 66.1 Å². The third kappa shape index (κ3) is 2.21. The van der Waals surface area contributed by atoms with Gasteiger partial charge in [0.2, 0.25) is 0 Å². The molecule has 0 radical (unpaired) electrons. The van der Waals surface area contributed by atoms with E-state index in [1.807, 2.05) is 18.2 Å². The molecule has 3 aliphatic heterocycles. The summed E-state index contributed by atoms with van der Waals surface area (Å²) in [7, 11) is 0. The third-order valence-corrected chi connectivity index (χ3v) is 8.73. The van der Waals surface area contributed by atoms with Crippen molar-refractivity contribution in [3.05, 3.63) is 34.5 Å². The molecule has 2 aliphatic carbocycles. The number of Topliss-reactive ketones (excluding diaryl/α,β-unsaturated/α-hetero) is 1.